The van der Waals surface area contributed by atoms with Gasteiger partial charge < -0.3 is 10.6 Å². The summed E-state index contributed by atoms with van der Waals surface area (Å²) in [5.74, 6) is 0.789. The zero-order valence-electron chi connectivity index (χ0n) is 19.1. The maximum atomic E-state index is 13.0. The third kappa shape index (κ3) is 6.43. The number of carbonyl (C=O) groups excluding carboxylic acids is 2. The van der Waals surface area contributed by atoms with Gasteiger partial charge >= 0.3 is 0 Å². The Kier molecular flexibility index (Phi) is 7.89. The monoisotopic (exact) mass is 420 g/mol. The van der Waals surface area contributed by atoms with Crippen molar-refractivity contribution in [1.29, 1.82) is 0 Å². The molecule has 0 aliphatic heterocycles. The Balaban J connectivity index is 1.52. The Morgan fingerprint density at radius 2 is 1.71 bits per heavy atom. The number of nitrogens with one attached hydrogen (secondary N) is 2. The lowest BCUT2D eigenvalue weighted by atomic mass is 9.81. The van der Waals surface area contributed by atoms with Crippen molar-refractivity contribution in [2.75, 3.05) is 6.54 Å². The van der Waals surface area contributed by atoms with Crippen molar-refractivity contribution < 1.29 is 9.59 Å². The van der Waals surface area contributed by atoms with E-state index in [4.69, 9.17) is 0 Å². The molecule has 166 valence electrons. The number of carbonyl (C=O) groups is 2. The highest BCUT2D eigenvalue weighted by Crippen LogP contribution is 2.29. The second-order valence-corrected chi connectivity index (χ2v) is 9.41. The molecule has 0 heterocycles. The van der Waals surface area contributed by atoms with E-state index in [1.165, 1.54) is 16.3 Å². The molecule has 1 saturated carbocycles. The van der Waals surface area contributed by atoms with Gasteiger partial charge in [-0.2, -0.15) is 0 Å². The van der Waals surface area contributed by atoms with Crippen LogP contribution in [-0.2, 0) is 16.0 Å². The van der Waals surface area contributed by atoms with Gasteiger partial charge in [0.2, 0.25) is 11.8 Å². The molecule has 4 nitrogen and oxygen atoms in total. The standard InChI is InChI=1S/C27H36N2O2/c1-18(2)25(16-21-11-12-22-7-5-6-8-24(22)15-21)29-27(31)23-13-9-20(10-14-23)17-28-26(30)19(3)4/h5-8,11-12,15,19-20,23,25H,1,9-10,13-14,16-17H2,2-4H3,(H,28,30)(H,29,31)/t20?,23?,25-/m1/s1. The van der Waals surface area contributed by atoms with Crippen LogP contribution in [0.2, 0.25) is 0 Å². The zero-order valence-corrected chi connectivity index (χ0v) is 19.1. The van der Waals surface area contributed by atoms with Gasteiger partial charge in [-0.25, -0.2) is 0 Å². The third-order valence-corrected chi connectivity index (χ3v) is 6.47. The SMILES string of the molecule is C=C(C)[C@@H](Cc1ccc2ccccc2c1)NC(=O)C1CCC(CNC(=O)C(C)C)CC1. The van der Waals surface area contributed by atoms with Crippen LogP contribution in [-0.4, -0.2) is 24.4 Å². The third-order valence-electron chi connectivity index (χ3n) is 6.47. The molecule has 2 aromatic rings. The van der Waals surface area contributed by atoms with Gasteiger partial charge in [0, 0.05) is 18.4 Å². The van der Waals surface area contributed by atoms with Gasteiger partial charge in [-0.15, -0.1) is 0 Å². The number of benzene rings is 2. The maximum absolute atomic E-state index is 13.0. The van der Waals surface area contributed by atoms with Crippen LogP contribution in [0.5, 0.6) is 0 Å². The largest absolute Gasteiger partial charge is 0.356 e. The molecular weight excluding hydrogens is 384 g/mol. The second kappa shape index (κ2) is 10.6. The topological polar surface area (TPSA) is 58.2 Å². The fourth-order valence-electron chi connectivity index (χ4n) is 4.32. The van der Waals surface area contributed by atoms with Crippen molar-refractivity contribution in [2.45, 2.75) is 58.9 Å². The molecule has 1 aliphatic carbocycles. The number of fused-ring (bicyclic) bond motifs is 1. The van der Waals surface area contributed by atoms with Crippen molar-refractivity contribution in [1.82, 2.24) is 10.6 Å². The second-order valence-electron chi connectivity index (χ2n) is 9.41. The van der Waals surface area contributed by atoms with Crippen LogP contribution in [0.15, 0.2) is 54.6 Å². The fourth-order valence-corrected chi connectivity index (χ4v) is 4.32. The van der Waals surface area contributed by atoms with E-state index in [0.717, 1.165) is 44.2 Å². The van der Waals surface area contributed by atoms with E-state index in [1.807, 2.05) is 26.8 Å². The van der Waals surface area contributed by atoms with Crippen LogP contribution < -0.4 is 10.6 Å². The highest BCUT2D eigenvalue weighted by atomic mass is 16.2. The Labute approximate surface area is 186 Å². The van der Waals surface area contributed by atoms with Gasteiger partial charge in [0.15, 0.2) is 0 Å². The molecule has 3 rings (SSSR count). The number of hydrogen-bond donors (Lipinski definition) is 2. The smallest absolute Gasteiger partial charge is 0.223 e. The molecule has 4 heteroatoms. The van der Waals surface area contributed by atoms with E-state index in [0.29, 0.717) is 5.92 Å². The Morgan fingerprint density at radius 3 is 2.35 bits per heavy atom. The summed E-state index contributed by atoms with van der Waals surface area (Å²) in [5.41, 5.74) is 2.18. The van der Waals surface area contributed by atoms with Gasteiger partial charge in [-0.05, 0) is 61.3 Å². The highest BCUT2D eigenvalue weighted by Gasteiger charge is 2.28. The summed E-state index contributed by atoms with van der Waals surface area (Å²) in [7, 11) is 0. The van der Waals surface area contributed by atoms with Gasteiger partial charge in [-0.3, -0.25) is 9.59 Å². The minimum Gasteiger partial charge on any atom is -0.356 e. The number of rotatable bonds is 8. The van der Waals surface area contributed by atoms with E-state index < -0.39 is 0 Å². The van der Waals surface area contributed by atoms with Crippen LogP contribution in [0.4, 0.5) is 0 Å². The average molecular weight is 421 g/mol. The Hall–Kier alpha value is -2.62. The molecule has 0 unspecified atom stereocenters. The molecule has 2 amide bonds. The van der Waals surface area contributed by atoms with Crippen molar-refractivity contribution >= 4 is 22.6 Å². The van der Waals surface area contributed by atoms with Crippen LogP contribution >= 0.6 is 0 Å². The summed E-state index contributed by atoms with van der Waals surface area (Å²) in [6.07, 6.45) is 4.49. The molecule has 31 heavy (non-hydrogen) atoms. The molecule has 0 radical (unpaired) electrons. The lowest BCUT2D eigenvalue weighted by Gasteiger charge is -2.30. The lowest BCUT2D eigenvalue weighted by molar-refractivity contribution is -0.127. The molecule has 0 aromatic heterocycles. The first-order valence-electron chi connectivity index (χ1n) is 11.5. The zero-order chi connectivity index (χ0) is 22.4. The minimum absolute atomic E-state index is 0.0174. The minimum atomic E-state index is -0.0586. The van der Waals surface area contributed by atoms with Crippen molar-refractivity contribution in [3.8, 4) is 0 Å². The predicted molar refractivity (Wildman–Crippen MR) is 128 cm³/mol. The summed E-state index contributed by atoms with van der Waals surface area (Å²) in [6.45, 7) is 10.7. The summed E-state index contributed by atoms with van der Waals surface area (Å²) in [6, 6.07) is 14.8. The van der Waals surface area contributed by atoms with Crippen LogP contribution in [0.3, 0.4) is 0 Å². The van der Waals surface area contributed by atoms with E-state index >= 15 is 0 Å². The number of hydrogen-bond acceptors (Lipinski definition) is 2. The Morgan fingerprint density at radius 1 is 1.03 bits per heavy atom. The molecule has 1 fully saturated rings. The Bertz CT molecular complexity index is 926. The molecule has 0 saturated heterocycles. The summed E-state index contributed by atoms with van der Waals surface area (Å²) < 4.78 is 0. The van der Waals surface area contributed by atoms with Gasteiger partial charge in [0.05, 0.1) is 6.04 Å². The number of amides is 2. The normalized spacial score (nSPS) is 19.7. The first-order valence-corrected chi connectivity index (χ1v) is 11.5. The first kappa shape index (κ1) is 23.1. The molecule has 0 bridgehead atoms. The van der Waals surface area contributed by atoms with Crippen LogP contribution in [0.1, 0.15) is 52.0 Å². The molecule has 2 aromatic carbocycles. The molecule has 1 atom stereocenters. The molecular formula is C27H36N2O2. The fraction of sp³-hybridized carbons (Fsp3) is 0.481. The van der Waals surface area contributed by atoms with Crippen molar-refractivity contribution in [2.24, 2.45) is 17.8 Å². The van der Waals surface area contributed by atoms with Crippen LogP contribution in [0, 0.1) is 17.8 Å². The summed E-state index contributed by atoms with van der Waals surface area (Å²) in [4.78, 5) is 24.7. The van der Waals surface area contributed by atoms with E-state index in [2.05, 4.69) is 53.6 Å². The van der Waals surface area contributed by atoms with Gasteiger partial charge in [0.25, 0.3) is 0 Å². The molecule has 2 N–H and O–H groups in total. The van der Waals surface area contributed by atoms with Crippen LogP contribution in [0.25, 0.3) is 10.8 Å². The van der Waals surface area contributed by atoms with Gasteiger partial charge in [-0.1, -0.05) is 68.5 Å². The first-order chi connectivity index (χ1) is 14.8. The molecule has 0 spiro atoms. The molecule has 1 aliphatic rings. The highest BCUT2D eigenvalue weighted by molar-refractivity contribution is 5.83. The van der Waals surface area contributed by atoms with E-state index in [9.17, 15) is 9.59 Å². The van der Waals surface area contributed by atoms with Crippen molar-refractivity contribution in [3.05, 3.63) is 60.2 Å². The average Bonchev–Trinajstić information content (AvgIpc) is 2.77. The maximum Gasteiger partial charge on any atom is 0.223 e. The van der Waals surface area contributed by atoms with Gasteiger partial charge in [0.1, 0.15) is 0 Å². The van der Waals surface area contributed by atoms with Crippen molar-refractivity contribution in [3.63, 3.8) is 0 Å². The predicted octanol–water partition coefficient (Wildman–Crippen LogP) is 5.02. The van der Waals surface area contributed by atoms with E-state index in [1.54, 1.807) is 0 Å². The summed E-state index contributed by atoms with van der Waals surface area (Å²) in [5, 5.41) is 8.73. The quantitative estimate of drug-likeness (QED) is 0.589. The van der Waals surface area contributed by atoms with E-state index in [-0.39, 0.29) is 29.7 Å². The lowest BCUT2D eigenvalue weighted by Crippen LogP contribution is -2.42. The summed E-state index contributed by atoms with van der Waals surface area (Å²) >= 11 is 0.